The summed E-state index contributed by atoms with van der Waals surface area (Å²) in [4.78, 5) is 40.0. The second-order valence-electron chi connectivity index (χ2n) is 8.56. The Kier molecular flexibility index (Phi) is 7.75. The number of hydrogen-bond donors (Lipinski definition) is 1. The first kappa shape index (κ1) is 24.7. The molecule has 8 nitrogen and oxygen atoms in total. The van der Waals surface area contributed by atoms with Crippen LogP contribution < -0.4 is 10.7 Å². The van der Waals surface area contributed by atoms with Crippen LogP contribution in [0.5, 0.6) is 0 Å². The molecule has 1 heterocycles. The Bertz CT molecular complexity index is 1190. The number of para-hydroxylation sites is 1. The smallest absolute Gasteiger partial charge is 0.355 e. The Morgan fingerprint density at radius 3 is 1.92 bits per heavy atom. The van der Waals surface area contributed by atoms with Crippen LogP contribution in [0.4, 0.5) is 5.69 Å². The van der Waals surface area contributed by atoms with Gasteiger partial charge in [0.25, 0.3) is 5.91 Å². The molecule has 0 aliphatic carbocycles. The Morgan fingerprint density at radius 2 is 1.42 bits per heavy atom. The van der Waals surface area contributed by atoms with E-state index in [-0.39, 0.29) is 18.0 Å². The molecular formula is C28H28N4O4. The van der Waals surface area contributed by atoms with E-state index in [4.69, 9.17) is 10.5 Å². The molecular weight excluding hydrogens is 456 g/mol. The van der Waals surface area contributed by atoms with Gasteiger partial charge in [-0.15, -0.1) is 0 Å². The van der Waals surface area contributed by atoms with Gasteiger partial charge in [0.15, 0.2) is 6.10 Å². The predicted octanol–water partition coefficient (Wildman–Crippen LogP) is 3.27. The molecule has 0 fully saturated rings. The molecule has 0 aromatic heterocycles. The van der Waals surface area contributed by atoms with Crippen LogP contribution in [0.25, 0.3) is 0 Å². The number of primary amides is 1. The van der Waals surface area contributed by atoms with Gasteiger partial charge in [0.2, 0.25) is 5.91 Å². The van der Waals surface area contributed by atoms with E-state index in [0.29, 0.717) is 18.8 Å². The molecule has 0 bridgehead atoms. The Morgan fingerprint density at radius 1 is 0.917 bits per heavy atom. The fourth-order valence-electron chi connectivity index (χ4n) is 4.03. The first-order chi connectivity index (χ1) is 17.4. The maximum Gasteiger partial charge on any atom is 0.355 e. The standard InChI is InChI=1S/C28H28N4O4/c1-20(27(34)31(18-21-11-5-2-6-12-21)19-22-13-7-3-8-14-22)36-28(35)24-17-25(26(29)33)32(30-24)23-15-9-4-10-16-23/h2-16,20,25H,17-19H2,1H3,(H2,29,33)/t20-,25+/m1/s1. The molecule has 1 aliphatic rings. The minimum atomic E-state index is -1.05. The fraction of sp³-hybridized carbons (Fsp3) is 0.214. The summed E-state index contributed by atoms with van der Waals surface area (Å²) in [6, 6.07) is 27.4. The first-order valence-electron chi connectivity index (χ1n) is 11.7. The van der Waals surface area contributed by atoms with Gasteiger partial charge in [-0.1, -0.05) is 78.9 Å². The lowest BCUT2D eigenvalue weighted by molar-refractivity contribution is -0.154. The van der Waals surface area contributed by atoms with Gasteiger partial charge in [0.1, 0.15) is 11.8 Å². The van der Waals surface area contributed by atoms with Crippen LogP contribution in [0.3, 0.4) is 0 Å². The van der Waals surface area contributed by atoms with Crippen molar-refractivity contribution in [2.75, 3.05) is 5.01 Å². The van der Waals surface area contributed by atoms with Gasteiger partial charge >= 0.3 is 5.97 Å². The van der Waals surface area contributed by atoms with Crippen molar-refractivity contribution in [3.63, 3.8) is 0 Å². The van der Waals surface area contributed by atoms with E-state index in [0.717, 1.165) is 11.1 Å². The minimum absolute atomic E-state index is 0.00170. The minimum Gasteiger partial charge on any atom is -0.448 e. The molecule has 3 aromatic carbocycles. The molecule has 0 radical (unpaired) electrons. The summed E-state index contributed by atoms with van der Waals surface area (Å²) in [6.45, 7) is 2.27. The highest BCUT2D eigenvalue weighted by Crippen LogP contribution is 2.25. The number of amides is 2. The Balaban J connectivity index is 1.48. The summed E-state index contributed by atoms with van der Waals surface area (Å²) in [5, 5.41) is 5.72. The largest absolute Gasteiger partial charge is 0.448 e. The zero-order valence-corrected chi connectivity index (χ0v) is 20.0. The molecule has 0 saturated heterocycles. The summed E-state index contributed by atoms with van der Waals surface area (Å²) in [5.74, 6) is -1.69. The summed E-state index contributed by atoms with van der Waals surface area (Å²) in [5.41, 5.74) is 8.15. The summed E-state index contributed by atoms with van der Waals surface area (Å²) in [6.07, 6.45) is -1.05. The molecule has 0 unspecified atom stereocenters. The highest BCUT2D eigenvalue weighted by Gasteiger charge is 2.37. The third-order valence-electron chi connectivity index (χ3n) is 5.87. The maximum absolute atomic E-state index is 13.4. The molecule has 8 heteroatoms. The molecule has 2 atom stereocenters. The van der Waals surface area contributed by atoms with E-state index in [9.17, 15) is 14.4 Å². The average Bonchev–Trinajstić information content (AvgIpc) is 3.36. The lowest BCUT2D eigenvalue weighted by atomic mass is 10.1. The number of hydrogen-bond acceptors (Lipinski definition) is 6. The van der Waals surface area contributed by atoms with E-state index in [1.54, 1.807) is 36.1 Å². The number of anilines is 1. The predicted molar refractivity (Wildman–Crippen MR) is 137 cm³/mol. The monoisotopic (exact) mass is 484 g/mol. The van der Waals surface area contributed by atoms with Crippen molar-refractivity contribution in [1.29, 1.82) is 0 Å². The van der Waals surface area contributed by atoms with Gasteiger partial charge in [-0.2, -0.15) is 5.10 Å². The number of carbonyl (C=O) groups excluding carboxylic acids is 3. The van der Waals surface area contributed by atoms with Gasteiger partial charge in [-0.25, -0.2) is 4.79 Å². The van der Waals surface area contributed by atoms with Crippen LogP contribution >= 0.6 is 0 Å². The molecule has 1 aliphatic heterocycles. The van der Waals surface area contributed by atoms with Crippen LogP contribution in [0.15, 0.2) is 96.1 Å². The fourth-order valence-corrected chi connectivity index (χ4v) is 4.03. The number of nitrogens with two attached hydrogens (primary N) is 1. The lowest BCUT2D eigenvalue weighted by Gasteiger charge is -2.26. The third kappa shape index (κ3) is 5.96. The van der Waals surface area contributed by atoms with Gasteiger partial charge in [0, 0.05) is 19.5 Å². The van der Waals surface area contributed by atoms with Gasteiger partial charge in [-0.05, 0) is 30.2 Å². The van der Waals surface area contributed by atoms with E-state index in [1.807, 2.05) is 66.7 Å². The van der Waals surface area contributed by atoms with E-state index in [1.165, 1.54) is 5.01 Å². The number of benzene rings is 3. The van der Waals surface area contributed by atoms with Crippen molar-refractivity contribution in [2.45, 2.75) is 38.6 Å². The van der Waals surface area contributed by atoms with Crippen molar-refractivity contribution >= 4 is 29.2 Å². The SMILES string of the molecule is C[C@@H](OC(=O)C1=NN(c2ccccc2)[C@H](C(N)=O)C1)C(=O)N(Cc1ccccc1)Cc1ccccc1. The van der Waals surface area contributed by atoms with Crippen LogP contribution in [0.2, 0.25) is 0 Å². The van der Waals surface area contributed by atoms with Crippen molar-refractivity contribution in [3.05, 3.63) is 102 Å². The van der Waals surface area contributed by atoms with Gasteiger partial charge in [0.05, 0.1) is 5.69 Å². The zero-order chi connectivity index (χ0) is 25.5. The first-order valence-corrected chi connectivity index (χ1v) is 11.7. The quantitative estimate of drug-likeness (QED) is 0.470. The second kappa shape index (κ2) is 11.3. The number of nitrogens with zero attached hydrogens (tertiary/aromatic N) is 3. The topological polar surface area (TPSA) is 105 Å². The van der Waals surface area contributed by atoms with Gasteiger partial charge in [-0.3, -0.25) is 14.6 Å². The molecule has 0 saturated carbocycles. The number of hydrazone groups is 1. The molecule has 184 valence electrons. The third-order valence-corrected chi connectivity index (χ3v) is 5.87. The maximum atomic E-state index is 13.4. The summed E-state index contributed by atoms with van der Waals surface area (Å²) >= 11 is 0. The van der Waals surface area contributed by atoms with Crippen molar-refractivity contribution in [3.8, 4) is 0 Å². The molecule has 3 aromatic rings. The highest BCUT2D eigenvalue weighted by atomic mass is 16.5. The number of carbonyl (C=O) groups is 3. The average molecular weight is 485 g/mol. The Hall–Kier alpha value is -4.46. The summed E-state index contributed by atoms with van der Waals surface area (Å²) in [7, 11) is 0. The highest BCUT2D eigenvalue weighted by molar-refractivity contribution is 6.38. The van der Waals surface area contributed by atoms with E-state index >= 15 is 0 Å². The molecule has 2 N–H and O–H groups in total. The lowest BCUT2D eigenvalue weighted by Crippen LogP contribution is -2.41. The van der Waals surface area contributed by atoms with E-state index < -0.39 is 24.0 Å². The van der Waals surface area contributed by atoms with Crippen LogP contribution in [0, 0.1) is 0 Å². The van der Waals surface area contributed by atoms with Gasteiger partial charge < -0.3 is 15.4 Å². The molecule has 4 rings (SSSR count). The second-order valence-corrected chi connectivity index (χ2v) is 8.56. The van der Waals surface area contributed by atoms with Crippen LogP contribution in [-0.2, 0) is 32.2 Å². The van der Waals surface area contributed by atoms with Crippen LogP contribution in [-0.4, -0.2) is 40.5 Å². The normalized spacial score (nSPS) is 15.6. The Labute approximate surface area is 210 Å². The zero-order valence-electron chi connectivity index (χ0n) is 20.0. The number of esters is 1. The van der Waals surface area contributed by atoms with Crippen molar-refractivity contribution in [2.24, 2.45) is 10.8 Å². The van der Waals surface area contributed by atoms with Crippen LogP contribution in [0.1, 0.15) is 24.5 Å². The number of rotatable bonds is 9. The molecule has 36 heavy (non-hydrogen) atoms. The van der Waals surface area contributed by atoms with E-state index in [2.05, 4.69) is 5.10 Å². The number of ether oxygens (including phenoxy) is 1. The van der Waals surface area contributed by atoms with Crippen molar-refractivity contribution in [1.82, 2.24) is 4.90 Å². The molecule has 2 amide bonds. The summed E-state index contributed by atoms with van der Waals surface area (Å²) < 4.78 is 5.53. The molecule has 0 spiro atoms. The van der Waals surface area contributed by atoms with Crippen molar-refractivity contribution < 1.29 is 19.1 Å².